The van der Waals surface area contributed by atoms with Crippen LogP contribution >= 0.6 is 0 Å². The van der Waals surface area contributed by atoms with Crippen molar-refractivity contribution in [1.82, 2.24) is 39.2 Å². The molecule has 0 saturated heterocycles. The lowest BCUT2D eigenvalue weighted by atomic mass is 9.96. The summed E-state index contributed by atoms with van der Waals surface area (Å²) in [5, 5.41) is 13.2. The Morgan fingerprint density at radius 3 is 2.50 bits per heavy atom. The first-order valence-corrected chi connectivity index (χ1v) is 10.7. The maximum Gasteiger partial charge on any atom is 0.435 e. The van der Waals surface area contributed by atoms with Crippen molar-refractivity contribution in [1.29, 1.82) is 0 Å². The molecule has 1 atom stereocenters. The second kappa shape index (κ2) is 7.40. The van der Waals surface area contributed by atoms with Gasteiger partial charge in [-0.25, -0.2) is 4.98 Å². The number of nitrogens with zero attached hydrogens (tertiary/aromatic N) is 8. The quantitative estimate of drug-likeness (QED) is 0.447. The SMILES string of the molecule is Cc1cc(C(=O)N2CCc3c(nn(C)c3-c3cc(C(F)(F)F)nn3C)[C@@H]2C)c2cnn(C)c2n1. The van der Waals surface area contributed by atoms with Crippen LogP contribution in [0.3, 0.4) is 0 Å². The highest BCUT2D eigenvalue weighted by atomic mass is 19.4. The van der Waals surface area contributed by atoms with E-state index in [9.17, 15) is 18.0 Å². The number of hydrogen-bond acceptors (Lipinski definition) is 5. The number of aryl methyl sites for hydroxylation is 4. The molecule has 12 heteroatoms. The number of amides is 1. The van der Waals surface area contributed by atoms with Gasteiger partial charge in [0.1, 0.15) is 0 Å². The third-order valence-electron chi connectivity index (χ3n) is 6.38. The summed E-state index contributed by atoms with van der Waals surface area (Å²) in [7, 11) is 4.95. The van der Waals surface area contributed by atoms with Crippen LogP contribution in [0, 0.1) is 6.92 Å². The number of hydrogen-bond donors (Lipinski definition) is 0. The Morgan fingerprint density at radius 1 is 1.09 bits per heavy atom. The highest BCUT2D eigenvalue weighted by Crippen LogP contribution is 2.38. The Kier molecular flexibility index (Phi) is 4.81. The van der Waals surface area contributed by atoms with Crippen LogP contribution in [-0.4, -0.2) is 51.7 Å². The number of rotatable bonds is 2. The van der Waals surface area contributed by atoms with Crippen LogP contribution in [0.1, 0.15) is 46.0 Å². The second-order valence-electron chi connectivity index (χ2n) is 8.61. The third kappa shape index (κ3) is 3.27. The minimum absolute atomic E-state index is 0.159. The Hall–Kier alpha value is -3.70. The summed E-state index contributed by atoms with van der Waals surface area (Å²) in [6, 6.07) is 2.43. The predicted octanol–water partition coefficient (Wildman–Crippen LogP) is 3.19. The molecule has 0 unspecified atom stereocenters. The first-order valence-electron chi connectivity index (χ1n) is 10.7. The lowest BCUT2D eigenvalue weighted by Crippen LogP contribution is -2.39. The maximum atomic E-state index is 13.6. The number of alkyl halides is 3. The number of aromatic nitrogens is 7. The number of pyridine rings is 1. The van der Waals surface area contributed by atoms with Gasteiger partial charge in [-0.3, -0.25) is 18.8 Å². The molecule has 4 aromatic heterocycles. The molecule has 4 aromatic rings. The third-order valence-corrected chi connectivity index (χ3v) is 6.38. The second-order valence-corrected chi connectivity index (χ2v) is 8.61. The lowest BCUT2D eigenvalue weighted by molar-refractivity contribution is -0.141. The molecule has 0 saturated carbocycles. The molecule has 1 aliphatic heterocycles. The fraction of sp³-hybridized carbons (Fsp3) is 0.409. The van der Waals surface area contributed by atoms with Gasteiger partial charge in [-0.2, -0.15) is 28.5 Å². The summed E-state index contributed by atoms with van der Waals surface area (Å²) >= 11 is 0. The van der Waals surface area contributed by atoms with E-state index in [4.69, 9.17) is 0 Å². The van der Waals surface area contributed by atoms with Gasteiger partial charge < -0.3 is 4.90 Å². The largest absolute Gasteiger partial charge is 0.435 e. The Balaban J connectivity index is 1.54. The van der Waals surface area contributed by atoms with Gasteiger partial charge in [-0.1, -0.05) is 0 Å². The molecule has 1 amide bonds. The first-order chi connectivity index (χ1) is 16.0. The van der Waals surface area contributed by atoms with Crippen molar-refractivity contribution in [2.24, 2.45) is 21.1 Å². The molecule has 9 nitrogen and oxygen atoms in total. The zero-order valence-corrected chi connectivity index (χ0v) is 19.3. The summed E-state index contributed by atoms with van der Waals surface area (Å²) in [5.41, 5.74) is 3.31. The lowest BCUT2D eigenvalue weighted by Gasteiger charge is -2.33. The highest BCUT2D eigenvalue weighted by molar-refractivity contribution is 6.05. The van der Waals surface area contributed by atoms with Crippen LogP contribution in [0.5, 0.6) is 0 Å². The van der Waals surface area contributed by atoms with Crippen molar-refractivity contribution in [2.45, 2.75) is 32.5 Å². The average Bonchev–Trinajstić information content (AvgIpc) is 3.42. The van der Waals surface area contributed by atoms with Gasteiger partial charge >= 0.3 is 6.18 Å². The smallest absolute Gasteiger partial charge is 0.330 e. The number of fused-ring (bicyclic) bond motifs is 2. The maximum absolute atomic E-state index is 13.6. The number of carbonyl (C=O) groups is 1. The minimum atomic E-state index is -4.54. The van der Waals surface area contributed by atoms with E-state index < -0.39 is 11.9 Å². The predicted molar refractivity (Wildman–Crippen MR) is 117 cm³/mol. The van der Waals surface area contributed by atoms with Crippen LogP contribution < -0.4 is 0 Å². The monoisotopic (exact) mass is 472 g/mol. The number of carbonyl (C=O) groups excluding carboxylic acids is 1. The van der Waals surface area contributed by atoms with Crippen LogP contribution in [-0.2, 0) is 33.7 Å². The van der Waals surface area contributed by atoms with E-state index in [1.54, 1.807) is 40.6 Å². The fourth-order valence-corrected chi connectivity index (χ4v) is 4.74. The van der Waals surface area contributed by atoms with Crippen molar-refractivity contribution in [3.63, 3.8) is 0 Å². The molecule has 0 aromatic carbocycles. The molecule has 5 rings (SSSR count). The molecule has 1 aliphatic rings. The average molecular weight is 472 g/mol. The van der Waals surface area contributed by atoms with Crippen molar-refractivity contribution in [3.05, 3.63) is 46.5 Å². The van der Waals surface area contributed by atoms with Crippen molar-refractivity contribution >= 4 is 16.9 Å². The highest BCUT2D eigenvalue weighted by Gasteiger charge is 2.38. The molecule has 178 valence electrons. The van der Waals surface area contributed by atoms with Crippen LogP contribution in [0.25, 0.3) is 22.4 Å². The van der Waals surface area contributed by atoms with Crippen molar-refractivity contribution < 1.29 is 18.0 Å². The molecule has 5 heterocycles. The van der Waals surface area contributed by atoms with E-state index in [2.05, 4.69) is 20.3 Å². The van der Waals surface area contributed by atoms with Gasteiger partial charge in [0.25, 0.3) is 5.91 Å². The molecular weight excluding hydrogens is 449 g/mol. The van der Waals surface area contributed by atoms with Gasteiger partial charge in [-0.15, -0.1) is 0 Å². The van der Waals surface area contributed by atoms with E-state index in [-0.39, 0.29) is 11.9 Å². The zero-order valence-electron chi connectivity index (χ0n) is 19.3. The summed E-state index contributed by atoms with van der Waals surface area (Å²) in [6.45, 7) is 4.11. The molecule has 0 bridgehead atoms. The van der Waals surface area contributed by atoms with E-state index in [0.29, 0.717) is 52.3 Å². The van der Waals surface area contributed by atoms with Crippen LogP contribution in [0.15, 0.2) is 18.3 Å². The molecule has 0 fully saturated rings. The first kappa shape index (κ1) is 22.1. The van der Waals surface area contributed by atoms with Crippen molar-refractivity contribution in [3.8, 4) is 11.4 Å². The zero-order chi connectivity index (χ0) is 24.5. The Labute approximate surface area is 192 Å². The van der Waals surface area contributed by atoms with E-state index in [1.807, 2.05) is 13.8 Å². The standard InChI is InChI=1S/C22H23F3N8O/c1-11-8-14(15-10-26-32(5)20(15)27-11)21(34)33-7-6-13-18(12(33)2)29-31(4)19(13)16-9-17(22(23,24)25)28-30(16)3/h8-10,12H,6-7H2,1-5H3/t12-/m0/s1. The fourth-order valence-electron chi connectivity index (χ4n) is 4.74. The van der Waals surface area contributed by atoms with Gasteiger partial charge in [0, 0.05) is 38.9 Å². The Bertz CT molecular complexity index is 1440. The normalized spacial score (nSPS) is 16.4. The molecule has 34 heavy (non-hydrogen) atoms. The molecule has 0 aliphatic carbocycles. The summed E-state index contributed by atoms with van der Waals surface area (Å²) in [4.78, 5) is 19.8. The summed E-state index contributed by atoms with van der Waals surface area (Å²) in [5.74, 6) is -0.159. The number of halogens is 3. The topological polar surface area (TPSA) is 86.7 Å². The van der Waals surface area contributed by atoms with Gasteiger partial charge in [0.2, 0.25) is 0 Å². The van der Waals surface area contributed by atoms with E-state index in [0.717, 1.165) is 11.6 Å². The van der Waals surface area contributed by atoms with E-state index in [1.165, 1.54) is 11.7 Å². The molecule has 0 N–H and O–H groups in total. The van der Waals surface area contributed by atoms with E-state index >= 15 is 0 Å². The minimum Gasteiger partial charge on any atom is -0.330 e. The summed E-state index contributed by atoms with van der Waals surface area (Å²) in [6.07, 6.45) is -2.44. The molecular formula is C22H23F3N8O. The Morgan fingerprint density at radius 2 is 1.82 bits per heavy atom. The van der Waals surface area contributed by atoms with Crippen molar-refractivity contribution in [2.75, 3.05) is 6.54 Å². The summed E-state index contributed by atoms with van der Waals surface area (Å²) < 4.78 is 44.1. The van der Waals surface area contributed by atoms with Gasteiger partial charge in [0.15, 0.2) is 11.3 Å². The molecule has 0 spiro atoms. The van der Waals surface area contributed by atoms with Gasteiger partial charge in [0.05, 0.1) is 40.3 Å². The van der Waals surface area contributed by atoms with Crippen LogP contribution in [0.4, 0.5) is 13.2 Å². The van der Waals surface area contributed by atoms with Gasteiger partial charge in [-0.05, 0) is 32.4 Å². The van der Waals surface area contributed by atoms with Crippen LogP contribution in [0.2, 0.25) is 0 Å². The molecule has 0 radical (unpaired) electrons.